The molecule has 0 saturated heterocycles. The number of nitrogens with one attached hydrogen (secondary N) is 1. The molecule has 2 aromatic carbocycles. The standard InChI is InChI=1S/C17H17F2NO/c18-14-6-4-12(5-7-14)11-21-17-13(2-1-3-16(17)19)10-20-15-8-9-15/h1-7,15,20H,8-11H2. The first-order valence-corrected chi connectivity index (χ1v) is 7.10. The van der Waals surface area contributed by atoms with Crippen molar-refractivity contribution in [3.05, 3.63) is 65.2 Å². The van der Waals surface area contributed by atoms with Crippen molar-refractivity contribution >= 4 is 0 Å². The van der Waals surface area contributed by atoms with E-state index in [4.69, 9.17) is 4.74 Å². The summed E-state index contributed by atoms with van der Waals surface area (Å²) < 4.78 is 32.4. The summed E-state index contributed by atoms with van der Waals surface area (Å²) in [7, 11) is 0. The van der Waals surface area contributed by atoms with Crippen molar-refractivity contribution in [1.29, 1.82) is 0 Å². The van der Waals surface area contributed by atoms with Crippen LogP contribution in [0.1, 0.15) is 24.0 Å². The molecule has 1 saturated carbocycles. The average molecular weight is 289 g/mol. The van der Waals surface area contributed by atoms with E-state index in [9.17, 15) is 8.78 Å². The van der Waals surface area contributed by atoms with Crippen LogP contribution >= 0.6 is 0 Å². The molecule has 1 fully saturated rings. The van der Waals surface area contributed by atoms with Crippen LogP contribution in [0.5, 0.6) is 5.75 Å². The largest absolute Gasteiger partial charge is 0.485 e. The Kier molecular flexibility index (Phi) is 4.15. The van der Waals surface area contributed by atoms with E-state index in [1.54, 1.807) is 18.2 Å². The zero-order valence-electron chi connectivity index (χ0n) is 11.6. The van der Waals surface area contributed by atoms with Gasteiger partial charge in [0, 0.05) is 18.2 Å². The van der Waals surface area contributed by atoms with Crippen LogP contribution in [0.15, 0.2) is 42.5 Å². The topological polar surface area (TPSA) is 21.3 Å². The molecule has 0 unspecified atom stereocenters. The number of hydrogen-bond acceptors (Lipinski definition) is 2. The van der Waals surface area contributed by atoms with Crippen LogP contribution in [0.2, 0.25) is 0 Å². The molecule has 1 aliphatic rings. The third kappa shape index (κ3) is 3.79. The van der Waals surface area contributed by atoms with E-state index < -0.39 is 0 Å². The summed E-state index contributed by atoms with van der Waals surface area (Å²) >= 11 is 0. The third-order valence-corrected chi connectivity index (χ3v) is 3.50. The second kappa shape index (κ2) is 6.22. The Labute approximate surface area is 122 Å². The third-order valence-electron chi connectivity index (χ3n) is 3.50. The van der Waals surface area contributed by atoms with Crippen molar-refractivity contribution in [3.63, 3.8) is 0 Å². The lowest BCUT2D eigenvalue weighted by atomic mass is 10.2. The van der Waals surface area contributed by atoms with Gasteiger partial charge in [-0.15, -0.1) is 0 Å². The van der Waals surface area contributed by atoms with Crippen LogP contribution in [0.4, 0.5) is 8.78 Å². The van der Waals surface area contributed by atoms with Gasteiger partial charge in [-0.1, -0.05) is 24.3 Å². The van der Waals surface area contributed by atoms with E-state index in [2.05, 4.69) is 5.32 Å². The van der Waals surface area contributed by atoms with Gasteiger partial charge in [-0.25, -0.2) is 8.78 Å². The van der Waals surface area contributed by atoms with Crippen LogP contribution < -0.4 is 10.1 Å². The van der Waals surface area contributed by atoms with E-state index in [1.807, 2.05) is 6.07 Å². The van der Waals surface area contributed by atoms with E-state index in [0.29, 0.717) is 12.6 Å². The molecular formula is C17H17F2NO. The Bertz CT molecular complexity index is 609. The van der Waals surface area contributed by atoms with Crippen molar-refractivity contribution < 1.29 is 13.5 Å². The maximum atomic E-state index is 13.9. The van der Waals surface area contributed by atoms with Gasteiger partial charge < -0.3 is 10.1 Å². The quantitative estimate of drug-likeness (QED) is 0.873. The summed E-state index contributed by atoms with van der Waals surface area (Å²) in [5.74, 6) is -0.388. The van der Waals surface area contributed by atoms with Crippen molar-refractivity contribution in [2.75, 3.05) is 0 Å². The Balaban J connectivity index is 1.69. The molecule has 21 heavy (non-hydrogen) atoms. The second-order valence-electron chi connectivity index (χ2n) is 5.30. The van der Waals surface area contributed by atoms with Gasteiger partial charge in [0.25, 0.3) is 0 Å². The molecule has 4 heteroatoms. The normalized spacial score (nSPS) is 14.2. The van der Waals surface area contributed by atoms with Gasteiger partial charge in [0.15, 0.2) is 11.6 Å². The van der Waals surface area contributed by atoms with Crippen LogP contribution in [-0.4, -0.2) is 6.04 Å². The van der Waals surface area contributed by atoms with Gasteiger partial charge in [-0.05, 0) is 36.6 Å². The fraction of sp³-hybridized carbons (Fsp3) is 0.294. The van der Waals surface area contributed by atoms with Gasteiger partial charge in [-0.3, -0.25) is 0 Å². The van der Waals surface area contributed by atoms with Crippen molar-refractivity contribution in [2.45, 2.75) is 32.0 Å². The molecule has 0 radical (unpaired) electrons. The molecule has 1 N–H and O–H groups in total. The first-order valence-electron chi connectivity index (χ1n) is 7.10. The van der Waals surface area contributed by atoms with E-state index >= 15 is 0 Å². The van der Waals surface area contributed by atoms with Gasteiger partial charge in [0.1, 0.15) is 12.4 Å². The Morgan fingerprint density at radius 1 is 1.05 bits per heavy atom. The summed E-state index contributed by atoms with van der Waals surface area (Å²) in [6.07, 6.45) is 2.36. The van der Waals surface area contributed by atoms with Gasteiger partial charge in [-0.2, -0.15) is 0 Å². The predicted molar refractivity (Wildman–Crippen MR) is 77.0 cm³/mol. The van der Waals surface area contributed by atoms with Crippen LogP contribution in [0.25, 0.3) is 0 Å². The summed E-state index contributed by atoms with van der Waals surface area (Å²) in [5.41, 5.74) is 1.62. The fourth-order valence-corrected chi connectivity index (χ4v) is 2.13. The summed E-state index contributed by atoms with van der Waals surface area (Å²) in [5, 5.41) is 3.35. The molecule has 0 spiro atoms. The molecule has 110 valence electrons. The molecule has 0 aliphatic heterocycles. The number of ether oxygens (including phenoxy) is 1. The fourth-order valence-electron chi connectivity index (χ4n) is 2.13. The Morgan fingerprint density at radius 3 is 2.52 bits per heavy atom. The zero-order chi connectivity index (χ0) is 14.7. The molecule has 0 aromatic heterocycles. The van der Waals surface area contributed by atoms with Gasteiger partial charge >= 0.3 is 0 Å². The first kappa shape index (κ1) is 14.0. The van der Waals surface area contributed by atoms with Crippen LogP contribution in [0, 0.1) is 11.6 Å². The number of hydrogen-bond donors (Lipinski definition) is 1. The summed E-state index contributed by atoms with van der Waals surface area (Å²) in [6.45, 7) is 0.818. The van der Waals surface area contributed by atoms with Gasteiger partial charge in [0.2, 0.25) is 0 Å². The highest BCUT2D eigenvalue weighted by Gasteiger charge is 2.21. The van der Waals surface area contributed by atoms with E-state index in [-0.39, 0.29) is 24.0 Å². The molecule has 0 amide bonds. The summed E-state index contributed by atoms with van der Waals surface area (Å²) in [4.78, 5) is 0. The Morgan fingerprint density at radius 2 is 1.81 bits per heavy atom. The maximum Gasteiger partial charge on any atom is 0.165 e. The second-order valence-corrected chi connectivity index (χ2v) is 5.30. The van der Waals surface area contributed by atoms with Crippen molar-refractivity contribution in [1.82, 2.24) is 5.32 Å². The minimum absolute atomic E-state index is 0.220. The molecule has 3 rings (SSSR count). The van der Waals surface area contributed by atoms with Crippen LogP contribution in [0.3, 0.4) is 0 Å². The maximum absolute atomic E-state index is 13.9. The minimum atomic E-state index is -0.368. The number of para-hydroxylation sites is 1. The first-order chi connectivity index (χ1) is 10.2. The predicted octanol–water partition coefficient (Wildman–Crippen LogP) is 3.80. The molecular weight excluding hydrogens is 272 g/mol. The Hall–Kier alpha value is -1.94. The average Bonchev–Trinajstić information content (AvgIpc) is 3.30. The lowest BCUT2D eigenvalue weighted by Crippen LogP contribution is -2.16. The molecule has 0 atom stereocenters. The molecule has 0 bridgehead atoms. The molecule has 1 aliphatic carbocycles. The van der Waals surface area contributed by atoms with Crippen molar-refractivity contribution in [3.8, 4) is 5.75 Å². The smallest absolute Gasteiger partial charge is 0.165 e. The SMILES string of the molecule is Fc1ccc(COc2c(F)cccc2CNC2CC2)cc1. The molecule has 0 heterocycles. The number of rotatable bonds is 6. The lowest BCUT2D eigenvalue weighted by molar-refractivity contribution is 0.286. The molecule has 2 nitrogen and oxygen atoms in total. The summed E-state index contributed by atoms with van der Waals surface area (Å²) in [6, 6.07) is 11.5. The monoisotopic (exact) mass is 289 g/mol. The van der Waals surface area contributed by atoms with Crippen LogP contribution in [-0.2, 0) is 13.2 Å². The number of benzene rings is 2. The van der Waals surface area contributed by atoms with E-state index in [0.717, 1.165) is 11.1 Å². The zero-order valence-corrected chi connectivity index (χ0v) is 11.6. The van der Waals surface area contributed by atoms with Crippen molar-refractivity contribution in [2.24, 2.45) is 0 Å². The highest BCUT2D eigenvalue weighted by Crippen LogP contribution is 2.26. The highest BCUT2D eigenvalue weighted by atomic mass is 19.1. The van der Waals surface area contributed by atoms with E-state index in [1.165, 1.54) is 31.0 Å². The molecule has 2 aromatic rings. The lowest BCUT2D eigenvalue weighted by Gasteiger charge is -2.13. The highest BCUT2D eigenvalue weighted by molar-refractivity contribution is 5.35. The number of halogens is 2. The van der Waals surface area contributed by atoms with Gasteiger partial charge in [0.05, 0.1) is 0 Å². The minimum Gasteiger partial charge on any atom is -0.485 e.